The van der Waals surface area contributed by atoms with Crippen molar-refractivity contribution in [3.8, 4) is 0 Å². The van der Waals surface area contributed by atoms with Crippen LogP contribution in [0.2, 0.25) is 0 Å². The summed E-state index contributed by atoms with van der Waals surface area (Å²) in [5, 5.41) is 2.62. The van der Waals surface area contributed by atoms with Gasteiger partial charge in [-0.05, 0) is 35.0 Å². The molecule has 0 saturated heterocycles. The minimum atomic E-state index is -0.693. The van der Waals surface area contributed by atoms with Crippen LogP contribution in [0.4, 0.5) is 0 Å². The second kappa shape index (κ2) is 7.94. The topological polar surface area (TPSA) is 73.8 Å². The summed E-state index contributed by atoms with van der Waals surface area (Å²) in [7, 11) is 1.63. The summed E-state index contributed by atoms with van der Waals surface area (Å²) in [5.41, 5.74) is 0.630. The van der Waals surface area contributed by atoms with Crippen LogP contribution < -0.4 is 10.4 Å². The van der Waals surface area contributed by atoms with Gasteiger partial charge in [0.2, 0.25) is 0 Å². The van der Waals surface area contributed by atoms with Crippen LogP contribution in [0.15, 0.2) is 80.9 Å². The van der Waals surface area contributed by atoms with Crippen molar-refractivity contribution in [3.05, 3.63) is 87.5 Å². The van der Waals surface area contributed by atoms with Crippen LogP contribution in [0.5, 0.6) is 0 Å². The van der Waals surface area contributed by atoms with E-state index in [1.807, 2.05) is 59.2 Å². The van der Waals surface area contributed by atoms with Crippen molar-refractivity contribution in [1.29, 1.82) is 0 Å². The first-order valence-corrected chi connectivity index (χ1v) is 10.6. The zero-order chi connectivity index (χ0) is 21.4. The molecule has 154 valence electrons. The lowest BCUT2D eigenvalue weighted by atomic mass is 10.0. The van der Waals surface area contributed by atoms with E-state index in [0.29, 0.717) is 28.9 Å². The average Bonchev–Trinajstić information content (AvgIpc) is 3.13. The Hall–Kier alpha value is -3.55. The number of fused-ring (bicyclic) bond motifs is 4. The lowest BCUT2D eigenvalue weighted by Crippen LogP contribution is -2.21. The Morgan fingerprint density at radius 1 is 1.06 bits per heavy atom. The molecule has 0 N–H and O–H groups in total. The molecule has 1 amide bonds. The molecule has 0 aliphatic carbocycles. The summed E-state index contributed by atoms with van der Waals surface area (Å²) in [6.45, 7) is 1.02. The first kappa shape index (κ1) is 19.4. The number of amides is 1. The van der Waals surface area contributed by atoms with Crippen LogP contribution in [0.3, 0.4) is 0 Å². The third-order valence-corrected chi connectivity index (χ3v) is 6.24. The van der Waals surface area contributed by atoms with Crippen LogP contribution in [0, 0.1) is 0 Å². The molecule has 2 aromatic heterocycles. The van der Waals surface area contributed by atoms with Crippen LogP contribution in [0.25, 0.3) is 32.0 Å². The maximum Gasteiger partial charge on any atom is 0.349 e. The largest absolute Gasteiger partial charge is 0.422 e. The monoisotopic (exact) mass is 430 g/mol. The van der Waals surface area contributed by atoms with Gasteiger partial charge in [-0.25, -0.2) is 4.79 Å². The highest BCUT2D eigenvalue weighted by Crippen LogP contribution is 2.25. The number of methoxy groups -OCH3 is 1. The molecule has 5 rings (SSSR count). The van der Waals surface area contributed by atoms with Crippen molar-refractivity contribution in [3.63, 3.8) is 0 Å². The second-order valence-electron chi connectivity index (χ2n) is 7.06. The van der Waals surface area contributed by atoms with E-state index < -0.39 is 11.5 Å². The zero-order valence-electron chi connectivity index (χ0n) is 16.7. The van der Waals surface area contributed by atoms with Crippen molar-refractivity contribution in [2.24, 2.45) is 4.99 Å². The van der Waals surface area contributed by atoms with Gasteiger partial charge in [-0.15, -0.1) is 0 Å². The van der Waals surface area contributed by atoms with Gasteiger partial charge in [0.15, 0.2) is 4.80 Å². The number of rotatable bonds is 4. The molecule has 31 heavy (non-hydrogen) atoms. The van der Waals surface area contributed by atoms with E-state index in [9.17, 15) is 9.59 Å². The van der Waals surface area contributed by atoms with E-state index in [2.05, 4.69) is 4.99 Å². The molecule has 5 aromatic rings. The fourth-order valence-corrected chi connectivity index (χ4v) is 4.73. The van der Waals surface area contributed by atoms with E-state index in [0.717, 1.165) is 21.0 Å². The number of ether oxygens (including phenoxy) is 1. The van der Waals surface area contributed by atoms with Gasteiger partial charge in [0.05, 0.1) is 16.8 Å². The van der Waals surface area contributed by atoms with Crippen molar-refractivity contribution in [2.45, 2.75) is 6.54 Å². The quantitative estimate of drug-likeness (QED) is 0.314. The Kier molecular flexibility index (Phi) is 4.97. The zero-order valence-corrected chi connectivity index (χ0v) is 17.5. The predicted molar refractivity (Wildman–Crippen MR) is 122 cm³/mol. The third kappa shape index (κ3) is 3.48. The number of para-hydroxylation sites is 1. The van der Waals surface area contributed by atoms with Gasteiger partial charge in [-0.3, -0.25) is 4.79 Å². The molecule has 0 saturated carbocycles. The highest BCUT2D eigenvalue weighted by atomic mass is 32.1. The lowest BCUT2D eigenvalue weighted by Gasteiger charge is -2.05. The minimum absolute atomic E-state index is 0.0837. The fourth-order valence-electron chi connectivity index (χ4n) is 3.67. The Balaban J connectivity index is 1.69. The molecule has 0 spiro atoms. The van der Waals surface area contributed by atoms with E-state index in [4.69, 9.17) is 9.15 Å². The fraction of sp³-hybridized carbons (Fsp3) is 0.125. The highest BCUT2D eigenvalue weighted by molar-refractivity contribution is 7.16. The van der Waals surface area contributed by atoms with Crippen LogP contribution in [-0.2, 0) is 11.3 Å². The molecule has 0 aliphatic heterocycles. The molecule has 3 aromatic carbocycles. The summed E-state index contributed by atoms with van der Waals surface area (Å²) < 4.78 is 13.6. The Bertz CT molecular complexity index is 1580. The first-order chi connectivity index (χ1) is 15.2. The Morgan fingerprint density at radius 2 is 1.87 bits per heavy atom. The van der Waals surface area contributed by atoms with E-state index in [1.54, 1.807) is 19.2 Å². The first-order valence-electron chi connectivity index (χ1n) is 9.78. The normalized spacial score (nSPS) is 12.2. The number of nitrogens with zero attached hydrogens (tertiary/aromatic N) is 2. The molecule has 0 fully saturated rings. The number of benzene rings is 3. The number of thiazole rings is 1. The smallest absolute Gasteiger partial charge is 0.349 e. The molecule has 0 aliphatic rings. The summed E-state index contributed by atoms with van der Waals surface area (Å²) in [5.74, 6) is -0.624. The van der Waals surface area contributed by atoms with Crippen molar-refractivity contribution < 1.29 is 13.9 Å². The molecule has 2 heterocycles. The number of hydrogen-bond acceptors (Lipinski definition) is 5. The number of carbonyl (C=O) groups is 1. The van der Waals surface area contributed by atoms with E-state index >= 15 is 0 Å². The molecule has 0 radical (unpaired) electrons. The number of hydrogen-bond donors (Lipinski definition) is 0. The maximum absolute atomic E-state index is 13.1. The molecule has 0 bridgehead atoms. The number of carbonyl (C=O) groups excluding carboxylic acids is 1. The van der Waals surface area contributed by atoms with Crippen LogP contribution >= 0.6 is 11.3 Å². The maximum atomic E-state index is 13.1. The lowest BCUT2D eigenvalue weighted by molar-refractivity contribution is 0.0994. The summed E-state index contributed by atoms with van der Waals surface area (Å²) >= 11 is 1.40. The van der Waals surface area contributed by atoms with Gasteiger partial charge >= 0.3 is 5.63 Å². The van der Waals surface area contributed by atoms with Gasteiger partial charge in [-0.1, -0.05) is 53.8 Å². The molecule has 6 nitrogen and oxygen atoms in total. The summed E-state index contributed by atoms with van der Waals surface area (Å²) in [6.07, 6.45) is 0. The van der Waals surface area contributed by atoms with Crippen LogP contribution in [-0.4, -0.2) is 24.2 Å². The summed E-state index contributed by atoms with van der Waals surface area (Å²) in [4.78, 5) is 30.4. The Labute approximate surface area is 180 Å². The van der Waals surface area contributed by atoms with Crippen molar-refractivity contribution >= 4 is 49.2 Å². The molecular formula is C24H18N2O4S. The van der Waals surface area contributed by atoms with Gasteiger partial charge in [0.1, 0.15) is 11.1 Å². The van der Waals surface area contributed by atoms with Gasteiger partial charge in [0, 0.05) is 19.0 Å². The molecule has 0 atom stereocenters. The molecular weight excluding hydrogens is 412 g/mol. The average molecular weight is 430 g/mol. The van der Waals surface area contributed by atoms with E-state index in [1.165, 1.54) is 11.3 Å². The molecule has 0 unspecified atom stereocenters. The van der Waals surface area contributed by atoms with Crippen molar-refractivity contribution in [1.82, 2.24) is 4.57 Å². The van der Waals surface area contributed by atoms with Crippen LogP contribution in [0.1, 0.15) is 10.4 Å². The van der Waals surface area contributed by atoms with Gasteiger partial charge in [0.25, 0.3) is 5.91 Å². The SMILES string of the molecule is COCCn1c(=NC(=O)c2cc3c(ccc4ccccc43)oc2=O)sc2ccccc21. The number of aromatic nitrogens is 1. The Morgan fingerprint density at radius 3 is 2.74 bits per heavy atom. The molecule has 7 heteroatoms. The standard InChI is InChI=1S/C24H18N2O4S/c1-29-13-12-26-19-8-4-5-9-21(19)31-24(26)25-22(27)18-14-17-16-7-3-2-6-15(16)10-11-20(17)30-23(18)28/h2-11,14H,12-13H2,1H3. The van der Waals surface area contributed by atoms with E-state index in [-0.39, 0.29) is 5.56 Å². The van der Waals surface area contributed by atoms with Crippen molar-refractivity contribution in [2.75, 3.05) is 13.7 Å². The predicted octanol–water partition coefficient (Wildman–Crippen LogP) is 4.35. The minimum Gasteiger partial charge on any atom is -0.422 e. The van der Waals surface area contributed by atoms with Gasteiger partial charge in [-0.2, -0.15) is 4.99 Å². The van der Waals surface area contributed by atoms with Gasteiger partial charge < -0.3 is 13.7 Å². The highest BCUT2D eigenvalue weighted by Gasteiger charge is 2.16. The summed E-state index contributed by atoms with van der Waals surface area (Å²) in [6, 6.07) is 20.8. The second-order valence-corrected chi connectivity index (χ2v) is 8.07. The third-order valence-electron chi connectivity index (χ3n) is 5.18.